The molecule has 0 aliphatic heterocycles. The first-order valence-electron chi connectivity index (χ1n) is 11.3. The van der Waals surface area contributed by atoms with Crippen molar-refractivity contribution in [1.82, 2.24) is 0 Å². The third-order valence-electron chi connectivity index (χ3n) is 5.02. The molecule has 0 aromatic heterocycles. The SMILES string of the molecule is C[C@H](/C=C\C/C=C\C/C=C\C1CC1C(=O)OC(CO)CO)/C=C\CCCCCO[N+](=O)[O-]. The maximum absolute atomic E-state index is 11.8. The first kappa shape index (κ1) is 27.6. The maximum Gasteiger partial charge on any atom is 0.309 e. The zero-order valence-corrected chi connectivity index (χ0v) is 18.9. The Hall–Kier alpha value is -2.45. The topological polar surface area (TPSA) is 119 Å². The van der Waals surface area contributed by atoms with Gasteiger partial charge in [0.1, 0.15) is 6.10 Å². The minimum Gasteiger partial charge on any atom is -0.457 e. The zero-order chi connectivity index (χ0) is 23.6. The average molecular weight is 452 g/mol. The fourth-order valence-corrected chi connectivity index (χ4v) is 3.03. The van der Waals surface area contributed by atoms with Crippen molar-refractivity contribution in [1.29, 1.82) is 0 Å². The van der Waals surface area contributed by atoms with Crippen LogP contribution in [0.3, 0.4) is 0 Å². The lowest BCUT2D eigenvalue weighted by Crippen LogP contribution is -2.26. The second-order valence-corrected chi connectivity index (χ2v) is 7.92. The molecule has 0 aromatic carbocycles. The third kappa shape index (κ3) is 13.8. The predicted molar refractivity (Wildman–Crippen MR) is 122 cm³/mol. The van der Waals surface area contributed by atoms with Crippen LogP contribution in [0.1, 0.15) is 51.9 Å². The third-order valence-corrected chi connectivity index (χ3v) is 5.02. The number of aliphatic hydroxyl groups excluding tert-OH is 2. The number of esters is 1. The molecule has 1 fully saturated rings. The quantitative estimate of drug-likeness (QED) is 0.107. The van der Waals surface area contributed by atoms with Crippen LogP contribution < -0.4 is 0 Å². The highest BCUT2D eigenvalue weighted by Gasteiger charge is 2.43. The van der Waals surface area contributed by atoms with Gasteiger partial charge in [-0.15, -0.1) is 10.1 Å². The van der Waals surface area contributed by atoms with E-state index in [-0.39, 0.29) is 37.6 Å². The molecule has 1 aliphatic carbocycles. The van der Waals surface area contributed by atoms with E-state index in [2.05, 4.69) is 48.2 Å². The lowest BCUT2D eigenvalue weighted by Gasteiger charge is -2.11. The molecule has 2 N–H and O–H groups in total. The Labute approximate surface area is 190 Å². The van der Waals surface area contributed by atoms with Gasteiger partial charge in [0, 0.05) is 0 Å². The van der Waals surface area contributed by atoms with E-state index in [1.807, 2.05) is 12.2 Å². The normalized spacial score (nSPS) is 19.5. The minimum absolute atomic E-state index is 0.157. The molecule has 0 amide bonds. The van der Waals surface area contributed by atoms with Crippen LogP contribution in [0.5, 0.6) is 0 Å². The van der Waals surface area contributed by atoms with Gasteiger partial charge in [-0.05, 0) is 50.4 Å². The predicted octanol–water partition coefficient (Wildman–Crippen LogP) is 3.93. The van der Waals surface area contributed by atoms with E-state index < -0.39 is 11.2 Å². The standard InChI is InChI=1S/C24H37NO7/c1-20(14-10-6-4-8-12-16-31-25(29)30)13-9-5-2-3-7-11-15-21-17-23(21)24(28)32-22(18-26)19-27/h2-3,9-11,13-15,20-23,26-27H,4-8,12,16-19H2,1H3/b3-2-,13-9-,14-10-,15-11-/t20-,21?,23?/m1/s1. The van der Waals surface area contributed by atoms with Gasteiger partial charge < -0.3 is 19.8 Å². The highest BCUT2D eigenvalue weighted by Crippen LogP contribution is 2.40. The molecule has 0 saturated heterocycles. The van der Waals surface area contributed by atoms with Crippen LogP contribution in [-0.2, 0) is 14.4 Å². The summed E-state index contributed by atoms with van der Waals surface area (Å²) >= 11 is 0. The summed E-state index contributed by atoms with van der Waals surface area (Å²) in [5.41, 5.74) is 0. The molecule has 1 aliphatic rings. The van der Waals surface area contributed by atoms with Crippen LogP contribution in [0, 0.1) is 27.9 Å². The molecule has 32 heavy (non-hydrogen) atoms. The first-order valence-corrected chi connectivity index (χ1v) is 11.3. The molecule has 0 spiro atoms. The largest absolute Gasteiger partial charge is 0.457 e. The number of carbonyl (C=O) groups excluding carboxylic acids is 1. The second-order valence-electron chi connectivity index (χ2n) is 7.92. The van der Waals surface area contributed by atoms with Crippen LogP contribution in [0.15, 0.2) is 48.6 Å². The first-order chi connectivity index (χ1) is 15.5. The molecule has 8 heteroatoms. The number of ether oxygens (including phenoxy) is 1. The molecular formula is C24H37NO7. The number of allylic oxidation sites excluding steroid dienone is 8. The fraction of sp³-hybridized carbons (Fsp3) is 0.625. The van der Waals surface area contributed by atoms with Gasteiger partial charge in [-0.25, -0.2) is 0 Å². The molecular weight excluding hydrogens is 414 g/mol. The van der Waals surface area contributed by atoms with Crippen molar-refractivity contribution in [3.05, 3.63) is 58.7 Å². The van der Waals surface area contributed by atoms with Gasteiger partial charge in [-0.2, -0.15) is 0 Å². The molecule has 180 valence electrons. The van der Waals surface area contributed by atoms with Gasteiger partial charge in [0.2, 0.25) is 0 Å². The van der Waals surface area contributed by atoms with Crippen LogP contribution in [0.4, 0.5) is 0 Å². The smallest absolute Gasteiger partial charge is 0.309 e. The molecule has 1 rings (SSSR count). The number of carbonyl (C=O) groups is 1. The summed E-state index contributed by atoms with van der Waals surface area (Å²) in [5.74, 6) is 0.0505. The number of hydrogen-bond donors (Lipinski definition) is 2. The summed E-state index contributed by atoms with van der Waals surface area (Å²) in [6.45, 7) is 1.57. The van der Waals surface area contributed by atoms with E-state index in [1.54, 1.807) is 0 Å². The number of aliphatic hydroxyl groups is 2. The fourth-order valence-electron chi connectivity index (χ4n) is 3.03. The molecule has 0 aromatic rings. The van der Waals surface area contributed by atoms with E-state index in [0.717, 1.165) is 38.5 Å². The van der Waals surface area contributed by atoms with Crippen LogP contribution in [-0.4, -0.2) is 47.2 Å². The highest BCUT2D eigenvalue weighted by atomic mass is 16.9. The Bertz CT molecular complexity index is 653. The number of nitrogens with zero attached hydrogens (tertiary/aromatic N) is 1. The number of rotatable bonds is 18. The summed E-state index contributed by atoms with van der Waals surface area (Å²) in [6.07, 6.45) is 22.1. The van der Waals surface area contributed by atoms with E-state index in [9.17, 15) is 14.9 Å². The molecule has 2 unspecified atom stereocenters. The minimum atomic E-state index is -0.822. The highest BCUT2D eigenvalue weighted by molar-refractivity contribution is 5.76. The second kappa shape index (κ2) is 17.1. The van der Waals surface area contributed by atoms with Crippen LogP contribution >= 0.6 is 0 Å². The van der Waals surface area contributed by atoms with Crippen molar-refractivity contribution in [2.24, 2.45) is 17.8 Å². The average Bonchev–Trinajstić information content (AvgIpc) is 3.55. The van der Waals surface area contributed by atoms with Crippen molar-refractivity contribution < 1.29 is 29.7 Å². The molecule has 0 radical (unpaired) electrons. The Morgan fingerprint density at radius 1 is 1.06 bits per heavy atom. The Balaban J connectivity index is 2.06. The van der Waals surface area contributed by atoms with Gasteiger partial charge in [0.25, 0.3) is 5.09 Å². The Morgan fingerprint density at radius 3 is 2.44 bits per heavy atom. The Kier molecular flexibility index (Phi) is 14.8. The molecule has 3 atom stereocenters. The molecule has 0 heterocycles. The maximum atomic E-state index is 11.8. The van der Waals surface area contributed by atoms with E-state index in [4.69, 9.17) is 14.9 Å². The van der Waals surface area contributed by atoms with Crippen LogP contribution in [0.25, 0.3) is 0 Å². The summed E-state index contributed by atoms with van der Waals surface area (Å²) in [7, 11) is 0. The Morgan fingerprint density at radius 2 is 1.75 bits per heavy atom. The van der Waals surface area contributed by atoms with Crippen LogP contribution in [0.2, 0.25) is 0 Å². The number of unbranched alkanes of at least 4 members (excludes halogenated alkanes) is 3. The van der Waals surface area contributed by atoms with Gasteiger partial charge in [0.05, 0.1) is 25.7 Å². The summed E-state index contributed by atoms with van der Waals surface area (Å²) in [4.78, 5) is 26.1. The van der Waals surface area contributed by atoms with Crippen molar-refractivity contribution in [2.75, 3.05) is 19.8 Å². The molecule has 0 bridgehead atoms. The summed E-state index contributed by atoms with van der Waals surface area (Å²) in [5, 5.41) is 27.2. The number of hydrogen-bond acceptors (Lipinski definition) is 7. The van der Waals surface area contributed by atoms with Crippen molar-refractivity contribution in [3.8, 4) is 0 Å². The van der Waals surface area contributed by atoms with Gasteiger partial charge in [0.15, 0.2) is 0 Å². The van der Waals surface area contributed by atoms with E-state index in [1.165, 1.54) is 0 Å². The summed E-state index contributed by atoms with van der Waals surface area (Å²) in [6, 6.07) is 0. The lowest BCUT2D eigenvalue weighted by atomic mass is 10.1. The van der Waals surface area contributed by atoms with Gasteiger partial charge in [-0.3, -0.25) is 4.79 Å². The van der Waals surface area contributed by atoms with Crippen molar-refractivity contribution in [3.63, 3.8) is 0 Å². The molecule has 8 nitrogen and oxygen atoms in total. The summed E-state index contributed by atoms with van der Waals surface area (Å²) < 4.78 is 5.03. The molecule has 1 saturated carbocycles. The van der Waals surface area contributed by atoms with Crippen molar-refractivity contribution >= 4 is 5.97 Å². The van der Waals surface area contributed by atoms with Gasteiger partial charge >= 0.3 is 5.97 Å². The van der Waals surface area contributed by atoms with Gasteiger partial charge in [-0.1, -0.05) is 62.0 Å². The monoisotopic (exact) mass is 451 g/mol. The zero-order valence-electron chi connectivity index (χ0n) is 18.9. The van der Waals surface area contributed by atoms with E-state index >= 15 is 0 Å². The van der Waals surface area contributed by atoms with E-state index in [0.29, 0.717) is 12.3 Å². The van der Waals surface area contributed by atoms with Crippen molar-refractivity contribution in [2.45, 2.75) is 58.0 Å². The lowest BCUT2D eigenvalue weighted by molar-refractivity contribution is -0.757.